The van der Waals surface area contributed by atoms with E-state index in [1.165, 1.54) is 5.56 Å². The number of rotatable bonds is 5. The molecule has 2 aromatic rings. The number of hydrogen-bond donors (Lipinski definition) is 1. The summed E-state index contributed by atoms with van der Waals surface area (Å²) in [5, 5.41) is 10.1. The number of aliphatic imine (C=N–C) groups is 1. The summed E-state index contributed by atoms with van der Waals surface area (Å²) in [6.07, 6.45) is 2.81. The third-order valence-corrected chi connectivity index (χ3v) is 4.17. The van der Waals surface area contributed by atoms with E-state index in [9.17, 15) is 5.11 Å². The lowest BCUT2D eigenvalue weighted by molar-refractivity contribution is 0.327. The molecule has 1 fully saturated rings. The van der Waals surface area contributed by atoms with Crippen molar-refractivity contribution in [2.45, 2.75) is 19.0 Å². The van der Waals surface area contributed by atoms with E-state index in [1.807, 2.05) is 18.2 Å². The Kier molecular flexibility index (Phi) is 4.93. The molecule has 1 aliphatic rings. The molecule has 0 aliphatic carbocycles. The number of aromatic hydroxyl groups is 1. The molecule has 1 heterocycles. The molecule has 4 nitrogen and oxygen atoms in total. The number of methoxy groups -OCH3 is 1. The average Bonchev–Trinajstić information content (AvgIpc) is 3.02. The van der Waals surface area contributed by atoms with Crippen LogP contribution in [0.2, 0.25) is 0 Å². The van der Waals surface area contributed by atoms with Crippen LogP contribution in [-0.2, 0) is 6.54 Å². The molecule has 120 valence electrons. The summed E-state index contributed by atoms with van der Waals surface area (Å²) in [6.45, 7) is 2.98. The largest absolute Gasteiger partial charge is 0.504 e. The molecule has 0 amide bonds. The molecule has 4 heteroatoms. The van der Waals surface area contributed by atoms with E-state index in [0.29, 0.717) is 11.3 Å². The van der Waals surface area contributed by atoms with Gasteiger partial charge in [0.25, 0.3) is 0 Å². The Morgan fingerprint density at radius 3 is 2.83 bits per heavy atom. The van der Waals surface area contributed by atoms with E-state index in [2.05, 4.69) is 34.2 Å². The monoisotopic (exact) mass is 310 g/mol. The highest BCUT2D eigenvalue weighted by atomic mass is 16.5. The lowest BCUT2D eigenvalue weighted by Gasteiger charge is -2.14. The molecule has 0 radical (unpaired) electrons. The van der Waals surface area contributed by atoms with Crippen LogP contribution >= 0.6 is 0 Å². The Labute approximate surface area is 137 Å². The number of para-hydroxylation sites is 1. The second-order valence-corrected chi connectivity index (χ2v) is 5.84. The van der Waals surface area contributed by atoms with Crippen LogP contribution in [0, 0.1) is 0 Å². The van der Waals surface area contributed by atoms with Crippen LogP contribution in [0.5, 0.6) is 11.5 Å². The van der Waals surface area contributed by atoms with Crippen molar-refractivity contribution in [1.82, 2.24) is 4.90 Å². The van der Waals surface area contributed by atoms with Gasteiger partial charge in [-0.15, -0.1) is 0 Å². The Hall–Kier alpha value is -2.33. The Bertz CT molecular complexity index is 670. The van der Waals surface area contributed by atoms with Crippen LogP contribution in [0.1, 0.15) is 17.5 Å². The minimum Gasteiger partial charge on any atom is -0.504 e. The minimum atomic E-state index is 0.151. The second-order valence-electron chi connectivity index (χ2n) is 5.84. The second kappa shape index (κ2) is 7.29. The molecule has 0 saturated carbocycles. The van der Waals surface area contributed by atoms with Crippen LogP contribution in [0.3, 0.4) is 0 Å². The van der Waals surface area contributed by atoms with Gasteiger partial charge in [-0.05, 0) is 24.1 Å². The fourth-order valence-electron chi connectivity index (χ4n) is 2.91. The Morgan fingerprint density at radius 1 is 1.22 bits per heavy atom. The van der Waals surface area contributed by atoms with Gasteiger partial charge in [-0.25, -0.2) is 0 Å². The third kappa shape index (κ3) is 3.90. The summed E-state index contributed by atoms with van der Waals surface area (Å²) in [5.41, 5.74) is 2.04. The highest BCUT2D eigenvalue weighted by Gasteiger charge is 2.21. The number of benzene rings is 2. The maximum Gasteiger partial charge on any atom is 0.166 e. The van der Waals surface area contributed by atoms with Crippen molar-refractivity contribution < 1.29 is 9.84 Å². The maximum atomic E-state index is 10.1. The molecule has 2 aromatic carbocycles. The summed E-state index contributed by atoms with van der Waals surface area (Å²) in [7, 11) is 1.55. The summed E-state index contributed by atoms with van der Waals surface area (Å²) >= 11 is 0. The Morgan fingerprint density at radius 2 is 2.04 bits per heavy atom. The molecule has 1 aliphatic heterocycles. The van der Waals surface area contributed by atoms with E-state index >= 15 is 0 Å². The van der Waals surface area contributed by atoms with Gasteiger partial charge in [0.05, 0.1) is 13.2 Å². The fourth-order valence-corrected chi connectivity index (χ4v) is 2.91. The molecule has 0 bridgehead atoms. The van der Waals surface area contributed by atoms with E-state index < -0.39 is 0 Å². The molecule has 23 heavy (non-hydrogen) atoms. The molecule has 0 spiro atoms. The fraction of sp³-hybridized carbons (Fsp3) is 0.316. The minimum absolute atomic E-state index is 0.151. The highest BCUT2D eigenvalue weighted by molar-refractivity contribution is 5.84. The van der Waals surface area contributed by atoms with Crippen molar-refractivity contribution >= 4 is 6.21 Å². The number of hydrogen-bond acceptors (Lipinski definition) is 4. The SMILES string of the molecule is COc1cccc(C=N[C@@H]2CCN(Cc3ccccc3)C2)c1O. The summed E-state index contributed by atoms with van der Waals surface area (Å²) in [5.74, 6) is 0.629. The lowest BCUT2D eigenvalue weighted by Crippen LogP contribution is -2.21. The van der Waals surface area contributed by atoms with Gasteiger partial charge in [-0.2, -0.15) is 0 Å². The van der Waals surface area contributed by atoms with Crippen molar-refractivity contribution in [3.63, 3.8) is 0 Å². The molecule has 1 N–H and O–H groups in total. The molecule has 1 saturated heterocycles. The van der Waals surface area contributed by atoms with Crippen LogP contribution in [0.25, 0.3) is 0 Å². The van der Waals surface area contributed by atoms with E-state index in [-0.39, 0.29) is 11.8 Å². The van der Waals surface area contributed by atoms with Crippen molar-refractivity contribution in [3.05, 3.63) is 59.7 Å². The summed E-state index contributed by atoms with van der Waals surface area (Å²) < 4.78 is 5.12. The zero-order valence-electron chi connectivity index (χ0n) is 13.4. The van der Waals surface area contributed by atoms with Crippen LogP contribution in [0.15, 0.2) is 53.5 Å². The molecule has 0 aromatic heterocycles. The zero-order chi connectivity index (χ0) is 16.1. The summed E-state index contributed by atoms with van der Waals surface area (Å²) in [6, 6.07) is 16.2. The van der Waals surface area contributed by atoms with Gasteiger partial charge in [0, 0.05) is 31.4 Å². The van der Waals surface area contributed by atoms with Crippen LogP contribution in [0.4, 0.5) is 0 Å². The number of phenols is 1. The normalized spacial score (nSPS) is 18.6. The van der Waals surface area contributed by atoms with Gasteiger partial charge in [-0.3, -0.25) is 9.89 Å². The number of ether oxygens (including phenoxy) is 1. The van der Waals surface area contributed by atoms with Crippen molar-refractivity contribution in [2.24, 2.45) is 4.99 Å². The lowest BCUT2D eigenvalue weighted by atomic mass is 10.2. The van der Waals surface area contributed by atoms with E-state index in [1.54, 1.807) is 19.4 Å². The van der Waals surface area contributed by atoms with E-state index in [0.717, 1.165) is 26.1 Å². The first-order chi connectivity index (χ1) is 11.3. The smallest absolute Gasteiger partial charge is 0.166 e. The van der Waals surface area contributed by atoms with E-state index in [4.69, 9.17) is 4.74 Å². The molecular formula is C19H22N2O2. The summed E-state index contributed by atoms with van der Waals surface area (Å²) in [4.78, 5) is 7.06. The number of likely N-dealkylation sites (tertiary alicyclic amines) is 1. The van der Waals surface area contributed by atoms with Gasteiger partial charge in [0.2, 0.25) is 0 Å². The number of nitrogens with zero attached hydrogens (tertiary/aromatic N) is 2. The van der Waals surface area contributed by atoms with Crippen LogP contribution in [-0.4, -0.2) is 42.5 Å². The highest BCUT2D eigenvalue weighted by Crippen LogP contribution is 2.28. The van der Waals surface area contributed by atoms with Gasteiger partial charge in [0.15, 0.2) is 11.5 Å². The third-order valence-electron chi connectivity index (χ3n) is 4.17. The van der Waals surface area contributed by atoms with Gasteiger partial charge < -0.3 is 9.84 Å². The molecule has 1 atom stereocenters. The predicted octanol–water partition coefficient (Wildman–Crippen LogP) is 3.09. The first kappa shape index (κ1) is 15.6. The van der Waals surface area contributed by atoms with Crippen molar-refractivity contribution in [3.8, 4) is 11.5 Å². The topological polar surface area (TPSA) is 45.1 Å². The van der Waals surface area contributed by atoms with Crippen LogP contribution < -0.4 is 4.74 Å². The van der Waals surface area contributed by atoms with Crippen molar-refractivity contribution in [1.29, 1.82) is 0 Å². The number of phenolic OH excluding ortho intramolecular Hbond substituents is 1. The first-order valence-corrected chi connectivity index (χ1v) is 7.91. The standard InChI is InChI=1S/C19H22N2O2/c1-23-18-9-5-8-16(19(18)22)12-20-17-10-11-21(14-17)13-15-6-3-2-4-7-15/h2-9,12,17,22H,10-11,13-14H2,1H3/t17-/m1/s1. The molecular weight excluding hydrogens is 288 g/mol. The quantitative estimate of drug-likeness (QED) is 0.863. The zero-order valence-corrected chi connectivity index (χ0v) is 13.4. The van der Waals surface area contributed by atoms with Gasteiger partial charge in [0.1, 0.15) is 0 Å². The predicted molar refractivity (Wildman–Crippen MR) is 92.4 cm³/mol. The maximum absolute atomic E-state index is 10.1. The van der Waals surface area contributed by atoms with Crippen molar-refractivity contribution in [2.75, 3.05) is 20.2 Å². The molecule has 0 unspecified atom stereocenters. The Balaban J connectivity index is 1.59. The van der Waals surface area contributed by atoms with Gasteiger partial charge >= 0.3 is 0 Å². The average molecular weight is 310 g/mol. The van der Waals surface area contributed by atoms with Gasteiger partial charge in [-0.1, -0.05) is 36.4 Å². The molecule has 3 rings (SSSR count). The first-order valence-electron chi connectivity index (χ1n) is 7.91.